The molecule has 0 aliphatic carbocycles. The molecule has 0 bridgehead atoms. The fourth-order valence-corrected chi connectivity index (χ4v) is 2.17. The number of aromatic nitrogens is 2. The van der Waals surface area contributed by atoms with Crippen molar-refractivity contribution in [3.05, 3.63) is 46.8 Å². The number of para-hydroxylation sites is 1. The van der Waals surface area contributed by atoms with E-state index in [0.717, 1.165) is 10.9 Å². The molecule has 0 spiro atoms. The van der Waals surface area contributed by atoms with Gasteiger partial charge in [0.15, 0.2) is 5.69 Å². The lowest BCUT2D eigenvalue weighted by atomic mass is 10.1. The number of hydrogen-bond acceptors (Lipinski definition) is 3. The third-order valence-electron chi connectivity index (χ3n) is 3.06. The van der Waals surface area contributed by atoms with Crippen molar-refractivity contribution in [1.82, 2.24) is 15.2 Å². The first-order chi connectivity index (χ1) is 9.77. The molecule has 0 aliphatic heterocycles. The van der Waals surface area contributed by atoms with Gasteiger partial charge < -0.3 is 0 Å². The first-order valence-corrected chi connectivity index (χ1v) is 6.00. The maximum absolute atomic E-state index is 13.3. The number of halogens is 3. The molecule has 1 aromatic carbocycles. The molecule has 0 atom stereocenters. The summed E-state index contributed by atoms with van der Waals surface area (Å²) in [6.07, 6.45) is -3.88. The van der Waals surface area contributed by atoms with Crippen LogP contribution in [0.1, 0.15) is 27.2 Å². The summed E-state index contributed by atoms with van der Waals surface area (Å²) in [6.45, 7) is 3.35. The maximum Gasteiger partial charge on any atom is 0.434 e. The van der Waals surface area contributed by atoms with Crippen molar-refractivity contribution in [3.8, 4) is 5.69 Å². The molecule has 0 unspecified atom stereocenters. The van der Waals surface area contributed by atoms with Crippen molar-refractivity contribution in [2.75, 3.05) is 0 Å². The lowest BCUT2D eigenvalue weighted by molar-refractivity contribution is -0.143. The molecule has 2 rings (SSSR count). The van der Waals surface area contributed by atoms with Crippen LogP contribution in [0.15, 0.2) is 24.4 Å². The Hall–Kier alpha value is -2.35. The number of nitrogens with one attached hydrogen (secondary N) is 1. The molecule has 0 radical (unpaired) electrons. The van der Waals surface area contributed by atoms with Gasteiger partial charge in [-0.3, -0.25) is 10.2 Å². The van der Waals surface area contributed by atoms with Gasteiger partial charge in [0.2, 0.25) is 0 Å². The van der Waals surface area contributed by atoms with Crippen LogP contribution in [0.2, 0.25) is 0 Å². The van der Waals surface area contributed by atoms with Crippen LogP contribution < -0.4 is 11.3 Å². The second kappa shape index (κ2) is 5.21. The topological polar surface area (TPSA) is 72.9 Å². The zero-order chi connectivity index (χ0) is 15.8. The van der Waals surface area contributed by atoms with E-state index >= 15 is 0 Å². The van der Waals surface area contributed by atoms with Gasteiger partial charge in [0.25, 0.3) is 5.91 Å². The number of carbonyl (C=O) groups excluding carboxylic acids is 1. The fourth-order valence-electron chi connectivity index (χ4n) is 2.17. The summed E-state index contributed by atoms with van der Waals surface area (Å²) in [5.74, 6) is 3.88. The van der Waals surface area contributed by atoms with Gasteiger partial charge in [-0.15, -0.1) is 0 Å². The van der Waals surface area contributed by atoms with Crippen LogP contribution in [0.3, 0.4) is 0 Å². The lowest BCUT2D eigenvalue weighted by Crippen LogP contribution is -2.32. The summed E-state index contributed by atoms with van der Waals surface area (Å²) in [5, 5.41) is 3.72. The van der Waals surface area contributed by atoms with E-state index in [1.54, 1.807) is 37.5 Å². The quantitative estimate of drug-likeness (QED) is 0.506. The predicted molar refractivity (Wildman–Crippen MR) is 69.7 cm³/mol. The van der Waals surface area contributed by atoms with Crippen molar-refractivity contribution in [1.29, 1.82) is 0 Å². The summed E-state index contributed by atoms with van der Waals surface area (Å²) in [7, 11) is 0. The molecule has 0 aliphatic rings. The molecule has 21 heavy (non-hydrogen) atoms. The highest BCUT2D eigenvalue weighted by molar-refractivity contribution is 5.95. The molecule has 8 heteroatoms. The van der Waals surface area contributed by atoms with Crippen LogP contribution in [-0.4, -0.2) is 15.7 Å². The van der Waals surface area contributed by atoms with Crippen molar-refractivity contribution < 1.29 is 18.0 Å². The van der Waals surface area contributed by atoms with Crippen molar-refractivity contribution in [2.45, 2.75) is 20.0 Å². The fraction of sp³-hybridized carbons (Fsp3) is 0.231. The van der Waals surface area contributed by atoms with Crippen LogP contribution in [0.5, 0.6) is 0 Å². The number of amides is 1. The average molecular weight is 298 g/mol. The van der Waals surface area contributed by atoms with Crippen LogP contribution in [0, 0.1) is 13.8 Å². The lowest BCUT2D eigenvalue weighted by Gasteiger charge is -2.15. The van der Waals surface area contributed by atoms with Gasteiger partial charge in [-0.05, 0) is 25.0 Å². The number of carbonyl (C=O) groups is 1. The normalized spacial score (nSPS) is 11.5. The number of benzene rings is 1. The second-order valence-corrected chi connectivity index (χ2v) is 4.53. The molecule has 5 nitrogen and oxygen atoms in total. The highest BCUT2D eigenvalue weighted by Crippen LogP contribution is 2.34. The molecule has 1 heterocycles. The Morgan fingerprint density at radius 3 is 2.33 bits per heavy atom. The van der Waals surface area contributed by atoms with Crippen LogP contribution in [0.4, 0.5) is 13.2 Å². The number of aryl methyl sites for hydroxylation is 2. The number of hydrogen-bond donors (Lipinski definition) is 2. The zero-order valence-electron chi connectivity index (χ0n) is 11.3. The van der Waals surface area contributed by atoms with E-state index in [0.29, 0.717) is 16.8 Å². The zero-order valence-corrected chi connectivity index (χ0v) is 11.3. The Bertz CT molecular complexity index is 671. The minimum Gasteiger partial charge on any atom is -0.290 e. The van der Waals surface area contributed by atoms with E-state index in [4.69, 9.17) is 5.84 Å². The van der Waals surface area contributed by atoms with E-state index in [1.165, 1.54) is 0 Å². The summed E-state index contributed by atoms with van der Waals surface area (Å²) < 4.78 is 40.7. The largest absolute Gasteiger partial charge is 0.434 e. The molecular weight excluding hydrogens is 285 g/mol. The summed E-state index contributed by atoms with van der Waals surface area (Å²) >= 11 is 0. The molecule has 0 saturated heterocycles. The molecule has 112 valence electrons. The van der Waals surface area contributed by atoms with Crippen molar-refractivity contribution >= 4 is 5.91 Å². The number of rotatable bonds is 2. The predicted octanol–water partition coefficient (Wildman–Crippen LogP) is 2.11. The maximum atomic E-state index is 13.3. The molecule has 1 aromatic heterocycles. The summed E-state index contributed by atoms with van der Waals surface area (Å²) in [5.41, 5.74) is 1.45. The number of nitrogens with two attached hydrogens (primary N) is 1. The number of nitrogens with zero attached hydrogens (tertiary/aromatic N) is 2. The second-order valence-electron chi connectivity index (χ2n) is 4.53. The average Bonchev–Trinajstić information content (AvgIpc) is 2.82. The Balaban J connectivity index is 2.77. The number of alkyl halides is 3. The molecule has 0 fully saturated rings. The van der Waals surface area contributed by atoms with Gasteiger partial charge in [-0.25, -0.2) is 10.5 Å². The highest BCUT2D eigenvalue weighted by atomic mass is 19.4. The highest BCUT2D eigenvalue weighted by Gasteiger charge is 2.40. The molecule has 1 amide bonds. The van der Waals surface area contributed by atoms with E-state index in [1.807, 2.05) is 0 Å². The molecule has 2 aromatic rings. The van der Waals surface area contributed by atoms with Crippen LogP contribution in [0.25, 0.3) is 5.69 Å². The molecular formula is C13H13F3N4O. The molecule has 0 saturated carbocycles. The minimum atomic E-state index is -4.74. The van der Waals surface area contributed by atoms with E-state index < -0.39 is 23.3 Å². The van der Waals surface area contributed by atoms with Crippen molar-refractivity contribution in [3.63, 3.8) is 0 Å². The van der Waals surface area contributed by atoms with E-state index in [2.05, 4.69) is 5.10 Å². The van der Waals surface area contributed by atoms with Crippen LogP contribution in [-0.2, 0) is 6.18 Å². The Kier molecular flexibility index (Phi) is 3.73. The van der Waals surface area contributed by atoms with Gasteiger partial charge >= 0.3 is 6.18 Å². The summed E-state index contributed by atoms with van der Waals surface area (Å²) in [4.78, 5) is 11.5. The smallest absolute Gasteiger partial charge is 0.290 e. The first-order valence-electron chi connectivity index (χ1n) is 6.00. The van der Waals surface area contributed by atoms with Gasteiger partial charge in [0, 0.05) is 0 Å². The van der Waals surface area contributed by atoms with E-state index in [9.17, 15) is 18.0 Å². The van der Waals surface area contributed by atoms with E-state index in [-0.39, 0.29) is 0 Å². The number of hydrazine groups is 1. The SMILES string of the molecule is Cc1cccc(C)c1-n1ncc(C(=O)NN)c1C(F)(F)F. The Morgan fingerprint density at radius 2 is 1.86 bits per heavy atom. The van der Waals surface area contributed by atoms with Gasteiger partial charge in [0.1, 0.15) is 0 Å². The number of nitrogen functional groups attached to an aromatic ring is 1. The third kappa shape index (κ3) is 2.62. The monoisotopic (exact) mass is 298 g/mol. The summed E-state index contributed by atoms with van der Waals surface area (Å²) in [6, 6.07) is 5.08. The van der Waals surface area contributed by atoms with Crippen molar-refractivity contribution in [2.24, 2.45) is 5.84 Å². The van der Waals surface area contributed by atoms with Crippen LogP contribution >= 0.6 is 0 Å². The van der Waals surface area contributed by atoms with Gasteiger partial charge in [-0.2, -0.15) is 18.3 Å². The minimum absolute atomic E-state index is 0.292. The Morgan fingerprint density at radius 1 is 1.29 bits per heavy atom. The van der Waals surface area contributed by atoms with Gasteiger partial charge in [0.05, 0.1) is 17.4 Å². The standard InChI is InChI=1S/C13H13F3N4O/c1-7-4-3-5-8(2)10(7)20-11(13(14,15)16)9(6-18-20)12(21)19-17/h3-6H,17H2,1-2H3,(H,19,21). The first kappa shape index (κ1) is 15.0. The third-order valence-corrected chi connectivity index (χ3v) is 3.06. The van der Waals surface area contributed by atoms with Gasteiger partial charge in [-0.1, -0.05) is 18.2 Å². The Labute approximate surface area is 118 Å². The molecule has 3 N–H and O–H groups in total.